The van der Waals surface area contributed by atoms with Gasteiger partial charge in [0.15, 0.2) is 0 Å². The van der Waals surface area contributed by atoms with Crippen LogP contribution in [0, 0.1) is 5.92 Å². The van der Waals surface area contributed by atoms with Crippen LogP contribution in [-0.2, 0) is 6.42 Å². The van der Waals surface area contributed by atoms with Crippen LogP contribution in [0.3, 0.4) is 0 Å². The number of carbonyl (C=O) groups excluding carboxylic acids is 1. The molecule has 0 fully saturated rings. The van der Waals surface area contributed by atoms with Gasteiger partial charge in [-0.05, 0) is 35.9 Å². The maximum absolute atomic E-state index is 11.9. The monoisotopic (exact) mass is 304 g/mol. The Bertz CT molecular complexity index is 608. The summed E-state index contributed by atoms with van der Waals surface area (Å²) in [5.74, 6) is -1.01. The number of thiophene rings is 1. The third-order valence-electron chi connectivity index (χ3n) is 2.99. The van der Waals surface area contributed by atoms with Gasteiger partial charge in [0.25, 0.3) is 5.91 Å². The summed E-state index contributed by atoms with van der Waals surface area (Å²) in [5, 5.41) is 13.6. The van der Waals surface area contributed by atoms with Crippen LogP contribution in [0.25, 0.3) is 0 Å². The molecule has 0 saturated carbocycles. The lowest BCUT2D eigenvalue weighted by atomic mass is 10.1. The predicted octanol–water partition coefficient (Wildman–Crippen LogP) is 2.45. The SMILES string of the molecule is CC(CNC(=O)c1ccc(C(=O)O)nc1)Cc1cccs1. The van der Waals surface area contributed by atoms with Gasteiger partial charge < -0.3 is 10.4 Å². The summed E-state index contributed by atoms with van der Waals surface area (Å²) in [6.45, 7) is 2.64. The Morgan fingerprint density at radius 2 is 2.19 bits per heavy atom. The number of nitrogens with zero attached hydrogens (tertiary/aromatic N) is 1. The molecular formula is C15H16N2O3S. The van der Waals surface area contributed by atoms with E-state index in [2.05, 4.69) is 23.3 Å². The fraction of sp³-hybridized carbons (Fsp3) is 0.267. The topological polar surface area (TPSA) is 79.3 Å². The van der Waals surface area contributed by atoms with Gasteiger partial charge in [-0.3, -0.25) is 4.79 Å². The van der Waals surface area contributed by atoms with Crippen LogP contribution >= 0.6 is 11.3 Å². The highest BCUT2D eigenvalue weighted by atomic mass is 32.1. The Morgan fingerprint density at radius 1 is 1.38 bits per heavy atom. The van der Waals surface area contributed by atoms with Crippen molar-refractivity contribution in [3.63, 3.8) is 0 Å². The zero-order chi connectivity index (χ0) is 15.2. The third-order valence-corrected chi connectivity index (χ3v) is 3.88. The molecule has 0 saturated heterocycles. The molecular weight excluding hydrogens is 288 g/mol. The Kier molecular flexibility index (Phi) is 5.05. The average molecular weight is 304 g/mol. The van der Waals surface area contributed by atoms with E-state index in [1.807, 2.05) is 11.4 Å². The average Bonchev–Trinajstić information content (AvgIpc) is 2.97. The summed E-state index contributed by atoms with van der Waals surface area (Å²) in [6.07, 6.45) is 2.21. The smallest absolute Gasteiger partial charge is 0.354 e. The van der Waals surface area contributed by atoms with Gasteiger partial charge in [-0.25, -0.2) is 9.78 Å². The molecule has 0 radical (unpaired) electrons. The van der Waals surface area contributed by atoms with Gasteiger partial charge in [0, 0.05) is 17.6 Å². The van der Waals surface area contributed by atoms with Crippen LogP contribution in [0.15, 0.2) is 35.8 Å². The first-order valence-electron chi connectivity index (χ1n) is 6.56. The number of aromatic nitrogens is 1. The second-order valence-electron chi connectivity index (χ2n) is 4.84. The summed E-state index contributed by atoms with van der Waals surface area (Å²) in [5.41, 5.74) is 0.293. The summed E-state index contributed by atoms with van der Waals surface area (Å²) in [4.78, 5) is 27.6. The van der Waals surface area contributed by atoms with Crippen LogP contribution in [0.2, 0.25) is 0 Å². The first-order valence-corrected chi connectivity index (χ1v) is 7.44. The number of rotatable bonds is 6. The minimum absolute atomic E-state index is 0.0717. The molecule has 1 amide bonds. The Hall–Kier alpha value is -2.21. The van der Waals surface area contributed by atoms with Gasteiger partial charge in [0.05, 0.1) is 5.56 Å². The second kappa shape index (κ2) is 6.99. The molecule has 2 heterocycles. The molecule has 0 aliphatic heterocycles. The van der Waals surface area contributed by atoms with Crippen molar-refractivity contribution in [3.8, 4) is 0 Å². The molecule has 2 aromatic heterocycles. The molecule has 21 heavy (non-hydrogen) atoms. The quantitative estimate of drug-likeness (QED) is 0.859. The molecule has 2 aromatic rings. The van der Waals surface area contributed by atoms with E-state index in [4.69, 9.17) is 5.11 Å². The van der Waals surface area contributed by atoms with E-state index in [0.29, 0.717) is 18.0 Å². The van der Waals surface area contributed by atoms with Crippen molar-refractivity contribution < 1.29 is 14.7 Å². The molecule has 0 aromatic carbocycles. The number of carboxylic acid groups (broad SMARTS) is 1. The molecule has 1 unspecified atom stereocenters. The van der Waals surface area contributed by atoms with E-state index >= 15 is 0 Å². The molecule has 5 nitrogen and oxygen atoms in total. The minimum Gasteiger partial charge on any atom is -0.477 e. The van der Waals surface area contributed by atoms with E-state index < -0.39 is 5.97 Å². The first kappa shape index (κ1) is 15.2. The third kappa shape index (κ3) is 4.39. The second-order valence-corrected chi connectivity index (χ2v) is 5.87. The number of amides is 1. The molecule has 0 aliphatic carbocycles. The highest BCUT2D eigenvalue weighted by Crippen LogP contribution is 2.13. The lowest BCUT2D eigenvalue weighted by Gasteiger charge is -2.11. The molecule has 0 aliphatic rings. The fourth-order valence-electron chi connectivity index (χ4n) is 1.87. The predicted molar refractivity (Wildman–Crippen MR) is 80.7 cm³/mol. The van der Waals surface area contributed by atoms with E-state index in [-0.39, 0.29) is 11.6 Å². The lowest BCUT2D eigenvalue weighted by molar-refractivity contribution is 0.0689. The Labute approximate surface area is 126 Å². The van der Waals surface area contributed by atoms with Crippen LogP contribution in [0.4, 0.5) is 0 Å². The fourth-order valence-corrected chi connectivity index (χ4v) is 2.74. The highest BCUT2D eigenvalue weighted by Gasteiger charge is 2.11. The van der Waals surface area contributed by atoms with Gasteiger partial charge in [0.2, 0.25) is 0 Å². The summed E-state index contributed by atoms with van der Waals surface area (Å²) < 4.78 is 0. The number of carbonyl (C=O) groups is 2. The largest absolute Gasteiger partial charge is 0.477 e. The van der Waals surface area contributed by atoms with Gasteiger partial charge >= 0.3 is 5.97 Å². The molecule has 6 heteroatoms. The van der Waals surface area contributed by atoms with Crippen molar-refractivity contribution in [1.29, 1.82) is 0 Å². The number of hydrogen-bond acceptors (Lipinski definition) is 4. The van der Waals surface area contributed by atoms with Crippen molar-refractivity contribution in [1.82, 2.24) is 10.3 Å². The molecule has 0 spiro atoms. The Morgan fingerprint density at radius 3 is 2.76 bits per heavy atom. The van der Waals surface area contributed by atoms with E-state index in [0.717, 1.165) is 6.42 Å². The number of carboxylic acids is 1. The Balaban J connectivity index is 1.85. The van der Waals surface area contributed by atoms with Gasteiger partial charge in [-0.2, -0.15) is 0 Å². The lowest BCUT2D eigenvalue weighted by Crippen LogP contribution is -2.29. The normalized spacial score (nSPS) is 11.9. The number of pyridine rings is 1. The maximum Gasteiger partial charge on any atom is 0.354 e. The van der Waals surface area contributed by atoms with Gasteiger partial charge in [0.1, 0.15) is 5.69 Å². The van der Waals surface area contributed by atoms with Crippen LogP contribution < -0.4 is 5.32 Å². The van der Waals surface area contributed by atoms with E-state index in [9.17, 15) is 9.59 Å². The number of nitrogens with one attached hydrogen (secondary N) is 1. The molecule has 2 rings (SSSR count). The van der Waals surface area contributed by atoms with Crippen LogP contribution in [0.5, 0.6) is 0 Å². The number of aromatic carboxylic acids is 1. The van der Waals surface area contributed by atoms with Crippen molar-refractivity contribution >= 4 is 23.2 Å². The molecule has 110 valence electrons. The van der Waals surface area contributed by atoms with E-state index in [1.165, 1.54) is 23.2 Å². The van der Waals surface area contributed by atoms with Crippen LogP contribution in [-0.4, -0.2) is 28.5 Å². The number of hydrogen-bond donors (Lipinski definition) is 2. The summed E-state index contributed by atoms with van der Waals surface area (Å²) in [7, 11) is 0. The maximum atomic E-state index is 11.9. The van der Waals surface area contributed by atoms with Gasteiger partial charge in [-0.15, -0.1) is 11.3 Å². The molecule has 0 bridgehead atoms. The summed E-state index contributed by atoms with van der Waals surface area (Å²) >= 11 is 1.71. The molecule has 2 N–H and O–H groups in total. The zero-order valence-corrected chi connectivity index (χ0v) is 12.4. The zero-order valence-electron chi connectivity index (χ0n) is 11.6. The van der Waals surface area contributed by atoms with Crippen LogP contribution in [0.1, 0.15) is 32.6 Å². The first-order chi connectivity index (χ1) is 10.1. The minimum atomic E-state index is -1.11. The van der Waals surface area contributed by atoms with Crippen molar-refractivity contribution in [2.75, 3.05) is 6.54 Å². The van der Waals surface area contributed by atoms with Crippen molar-refractivity contribution in [2.45, 2.75) is 13.3 Å². The standard InChI is InChI=1S/C15H16N2O3S/c1-10(7-12-3-2-6-21-12)8-17-14(18)11-4-5-13(15(19)20)16-9-11/h2-6,9-10H,7-8H2,1H3,(H,17,18)(H,19,20). The van der Waals surface area contributed by atoms with E-state index in [1.54, 1.807) is 11.3 Å². The van der Waals surface area contributed by atoms with Crippen molar-refractivity contribution in [3.05, 3.63) is 52.0 Å². The summed E-state index contributed by atoms with van der Waals surface area (Å²) in [6, 6.07) is 6.89. The highest BCUT2D eigenvalue weighted by molar-refractivity contribution is 7.09. The van der Waals surface area contributed by atoms with Gasteiger partial charge in [-0.1, -0.05) is 13.0 Å². The van der Waals surface area contributed by atoms with Crippen molar-refractivity contribution in [2.24, 2.45) is 5.92 Å². The molecule has 1 atom stereocenters.